The van der Waals surface area contributed by atoms with Gasteiger partial charge in [0, 0.05) is 39.3 Å². The van der Waals surface area contributed by atoms with Crippen LogP contribution in [0.15, 0.2) is 24.3 Å². The van der Waals surface area contributed by atoms with Crippen LogP contribution in [0.3, 0.4) is 0 Å². The summed E-state index contributed by atoms with van der Waals surface area (Å²) in [4.78, 5) is 2.53. The Labute approximate surface area is 104 Å². The van der Waals surface area contributed by atoms with Crippen LogP contribution in [0.2, 0.25) is 0 Å². The minimum Gasteiger partial charge on any atom is -0.380 e. The van der Waals surface area contributed by atoms with Crippen molar-refractivity contribution in [2.24, 2.45) is 0 Å². The van der Waals surface area contributed by atoms with Crippen LogP contribution in [-0.2, 0) is 11.3 Å². The summed E-state index contributed by atoms with van der Waals surface area (Å²) in [5, 5.41) is 3.39. The van der Waals surface area contributed by atoms with E-state index in [1.54, 1.807) is 7.11 Å². The standard InChI is InChI=1S/C14H22N2O/c1-12(16-8-6-15-7-9-16)14-5-3-4-13(10-14)11-17-2/h3-5,10,12,15H,6-9,11H2,1-2H3. The Kier molecular flexibility index (Phi) is 4.54. The van der Waals surface area contributed by atoms with Gasteiger partial charge < -0.3 is 10.1 Å². The molecule has 0 aromatic heterocycles. The van der Waals surface area contributed by atoms with E-state index in [2.05, 4.69) is 41.4 Å². The highest BCUT2D eigenvalue weighted by Gasteiger charge is 2.17. The average molecular weight is 234 g/mol. The number of ether oxygens (including phenoxy) is 1. The Morgan fingerprint density at radius 2 is 2.12 bits per heavy atom. The Balaban J connectivity index is 2.06. The van der Waals surface area contributed by atoms with Crippen LogP contribution in [0.1, 0.15) is 24.1 Å². The largest absolute Gasteiger partial charge is 0.380 e. The first kappa shape index (κ1) is 12.6. The van der Waals surface area contributed by atoms with Gasteiger partial charge in [0.15, 0.2) is 0 Å². The predicted molar refractivity (Wildman–Crippen MR) is 70.0 cm³/mol. The molecule has 1 unspecified atom stereocenters. The minimum atomic E-state index is 0.494. The van der Waals surface area contributed by atoms with Crippen LogP contribution in [0, 0.1) is 0 Å². The fourth-order valence-corrected chi connectivity index (χ4v) is 2.39. The van der Waals surface area contributed by atoms with Crippen molar-refractivity contribution in [1.29, 1.82) is 0 Å². The third-order valence-electron chi connectivity index (χ3n) is 3.44. The molecule has 1 saturated heterocycles. The molecule has 1 aromatic rings. The minimum absolute atomic E-state index is 0.494. The van der Waals surface area contributed by atoms with Crippen LogP contribution in [0.5, 0.6) is 0 Å². The SMILES string of the molecule is COCc1cccc(C(C)N2CCNCC2)c1. The summed E-state index contributed by atoms with van der Waals surface area (Å²) in [5.74, 6) is 0. The van der Waals surface area contributed by atoms with Gasteiger partial charge in [-0.1, -0.05) is 24.3 Å². The van der Waals surface area contributed by atoms with E-state index < -0.39 is 0 Å². The zero-order valence-electron chi connectivity index (χ0n) is 10.8. The molecule has 0 amide bonds. The Bertz CT molecular complexity index is 348. The van der Waals surface area contributed by atoms with Crippen molar-refractivity contribution in [3.8, 4) is 0 Å². The second-order valence-electron chi connectivity index (χ2n) is 4.64. The number of piperazine rings is 1. The van der Waals surface area contributed by atoms with Gasteiger partial charge in [0.2, 0.25) is 0 Å². The summed E-state index contributed by atoms with van der Waals surface area (Å²) < 4.78 is 5.18. The summed E-state index contributed by atoms with van der Waals surface area (Å²) in [6.45, 7) is 7.45. The van der Waals surface area contributed by atoms with E-state index in [1.807, 2.05) is 0 Å². The molecule has 1 N–H and O–H groups in total. The maximum absolute atomic E-state index is 5.18. The number of nitrogens with zero attached hydrogens (tertiary/aromatic N) is 1. The highest BCUT2D eigenvalue weighted by atomic mass is 16.5. The van der Waals surface area contributed by atoms with E-state index >= 15 is 0 Å². The van der Waals surface area contributed by atoms with Crippen LogP contribution < -0.4 is 5.32 Å². The quantitative estimate of drug-likeness (QED) is 0.859. The molecule has 0 saturated carbocycles. The van der Waals surface area contributed by atoms with Gasteiger partial charge >= 0.3 is 0 Å². The van der Waals surface area contributed by atoms with E-state index in [0.29, 0.717) is 12.6 Å². The monoisotopic (exact) mass is 234 g/mol. The van der Waals surface area contributed by atoms with Crippen LogP contribution in [-0.4, -0.2) is 38.2 Å². The second-order valence-corrected chi connectivity index (χ2v) is 4.64. The lowest BCUT2D eigenvalue weighted by molar-refractivity contribution is 0.180. The molecule has 94 valence electrons. The van der Waals surface area contributed by atoms with Crippen molar-refractivity contribution in [3.63, 3.8) is 0 Å². The van der Waals surface area contributed by atoms with Crippen molar-refractivity contribution < 1.29 is 4.74 Å². The van der Waals surface area contributed by atoms with E-state index in [4.69, 9.17) is 4.74 Å². The van der Waals surface area contributed by atoms with Crippen molar-refractivity contribution in [2.45, 2.75) is 19.6 Å². The number of methoxy groups -OCH3 is 1. The second kappa shape index (κ2) is 6.15. The molecule has 1 aliphatic rings. The molecular formula is C14H22N2O. The Hall–Kier alpha value is -0.900. The fourth-order valence-electron chi connectivity index (χ4n) is 2.39. The summed E-state index contributed by atoms with van der Waals surface area (Å²) in [5.41, 5.74) is 2.65. The first-order chi connectivity index (χ1) is 8.31. The molecule has 0 aliphatic carbocycles. The molecule has 1 heterocycles. The third kappa shape index (κ3) is 3.28. The number of rotatable bonds is 4. The number of hydrogen-bond acceptors (Lipinski definition) is 3. The van der Waals surface area contributed by atoms with Crippen molar-refractivity contribution in [2.75, 3.05) is 33.3 Å². The lowest BCUT2D eigenvalue weighted by atomic mass is 10.0. The number of hydrogen-bond donors (Lipinski definition) is 1. The normalized spacial score (nSPS) is 19.2. The van der Waals surface area contributed by atoms with Gasteiger partial charge in [0.25, 0.3) is 0 Å². The molecule has 3 heteroatoms. The molecule has 1 atom stereocenters. The molecule has 3 nitrogen and oxygen atoms in total. The van der Waals surface area contributed by atoms with Crippen molar-refractivity contribution >= 4 is 0 Å². The predicted octanol–water partition coefficient (Wildman–Crippen LogP) is 1.80. The molecule has 0 spiro atoms. The van der Waals surface area contributed by atoms with Gasteiger partial charge in [-0.25, -0.2) is 0 Å². The van der Waals surface area contributed by atoms with Crippen LogP contribution in [0.4, 0.5) is 0 Å². The van der Waals surface area contributed by atoms with Gasteiger partial charge in [0.05, 0.1) is 6.61 Å². The molecular weight excluding hydrogens is 212 g/mol. The van der Waals surface area contributed by atoms with Gasteiger partial charge in [-0.15, -0.1) is 0 Å². The smallest absolute Gasteiger partial charge is 0.0713 e. The Morgan fingerprint density at radius 3 is 2.82 bits per heavy atom. The summed E-state index contributed by atoms with van der Waals surface area (Å²) in [7, 11) is 1.74. The van der Waals surface area contributed by atoms with E-state index in [0.717, 1.165) is 26.2 Å². The van der Waals surface area contributed by atoms with E-state index in [-0.39, 0.29) is 0 Å². The number of benzene rings is 1. The van der Waals surface area contributed by atoms with E-state index in [1.165, 1.54) is 11.1 Å². The van der Waals surface area contributed by atoms with E-state index in [9.17, 15) is 0 Å². The summed E-state index contributed by atoms with van der Waals surface area (Å²) >= 11 is 0. The molecule has 0 bridgehead atoms. The fraction of sp³-hybridized carbons (Fsp3) is 0.571. The van der Waals surface area contributed by atoms with Crippen LogP contribution >= 0.6 is 0 Å². The van der Waals surface area contributed by atoms with Crippen molar-refractivity contribution in [3.05, 3.63) is 35.4 Å². The zero-order chi connectivity index (χ0) is 12.1. The molecule has 1 fully saturated rings. The third-order valence-corrected chi connectivity index (χ3v) is 3.44. The molecule has 1 aliphatic heterocycles. The molecule has 17 heavy (non-hydrogen) atoms. The average Bonchev–Trinajstić information content (AvgIpc) is 2.40. The summed E-state index contributed by atoms with van der Waals surface area (Å²) in [6, 6.07) is 9.22. The van der Waals surface area contributed by atoms with Gasteiger partial charge in [-0.05, 0) is 18.1 Å². The Morgan fingerprint density at radius 1 is 1.35 bits per heavy atom. The van der Waals surface area contributed by atoms with Gasteiger partial charge in [-0.2, -0.15) is 0 Å². The molecule has 2 rings (SSSR count). The zero-order valence-corrected chi connectivity index (χ0v) is 10.8. The molecule has 1 aromatic carbocycles. The maximum Gasteiger partial charge on any atom is 0.0713 e. The maximum atomic E-state index is 5.18. The first-order valence-electron chi connectivity index (χ1n) is 6.34. The highest BCUT2D eigenvalue weighted by Crippen LogP contribution is 2.21. The lowest BCUT2D eigenvalue weighted by Gasteiger charge is -2.33. The van der Waals surface area contributed by atoms with Crippen LogP contribution in [0.25, 0.3) is 0 Å². The van der Waals surface area contributed by atoms with Gasteiger partial charge in [-0.3, -0.25) is 4.90 Å². The molecule has 0 radical (unpaired) electrons. The lowest BCUT2D eigenvalue weighted by Crippen LogP contribution is -2.44. The van der Waals surface area contributed by atoms with Crippen molar-refractivity contribution in [1.82, 2.24) is 10.2 Å². The highest BCUT2D eigenvalue weighted by molar-refractivity contribution is 5.25. The first-order valence-corrected chi connectivity index (χ1v) is 6.34. The number of nitrogens with one attached hydrogen (secondary N) is 1. The van der Waals surface area contributed by atoms with Gasteiger partial charge in [0.1, 0.15) is 0 Å². The topological polar surface area (TPSA) is 24.5 Å². The summed E-state index contributed by atoms with van der Waals surface area (Å²) in [6.07, 6.45) is 0.